The van der Waals surface area contributed by atoms with E-state index in [-0.39, 0.29) is 23.9 Å². The zero-order valence-electron chi connectivity index (χ0n) is 29.2. The van der Waals surface area contributed by atoms with E-state index in [1.165, 1.54) is 44.2 Å². The Kier molecular flexibility index (Phi) is 10.4. The van der Waals surface area contributed by atoms with Crippen molar-refractivity contribution < 1.29 is 9.59 Å². The Morgan fingerprint density at radius 1 is 0.796 bits per heavy atom. The number of hydrogen-bond donors (Lipinski definition) is 3. The van der Waals surface area contributed by atoms with Gasteiger partial charge in [0.15, 0.2) is 0 Å². The fourth-order valence-corrected chi connectivity index (χ4v) is 8.19. The van der Waals surface area contributed by atoms with Gasteiger partial charge < -0.3 is 30.7 Å². The number of likely N-dealkylation sites (N-methyl/N-ethyl adjacent to an activating group) is 1. The second kappa shape index (κ2) is 15.2. The van der Waals surface area contributed by atoms with Crippen molar-refractivity contribution in [1.82, 2.24) is 20.5 Å². The van der Waals surface area contributed by atoms with Gasteiger partial charge in [-0.15, -0.1) is 0 Å². The number of benzene rings is 2. The van der Waals surface area contributed by atoms with Crippen molar-refractivity contribution in [1.29, 1.82) is 0 Å². The fourth-order valence-electron chi connectivity index (χ4n) is 8.19. The first-order chi connectivity index (χ1) is 23.9. The Bertz CT molecular complexity index is 1560. The maximum atomic E-state index is 13.4. The quantitative estimate of drug-likeness (QED) is 0.250. The number of carbonyl (C=O) groups excluding carboxylic acids is 2. The molecule has 4 atom stereocenters. The summed E-state index contributed by atoms with van der Waals surface area (Å²) in [7, 11) is 2.17. The van der Waals surface area contributed by atoms with E-state index in [4.69, 9.17) is 4.98 Å². The van der Waals surface area contributed by atoms with E-state index in [0.717, 1.165) is 74.6 Å². The highest BCUT2D eigenvalue weighted by molar-refractivity contribution is 5.95. The van der Waals surface area contributed by atoms with E-state index in [0.29, 0.717) is 23.6 Å². The van der Waals surface area contributed by atoms with Gasteiger partial charge in [-0.05, 0) is 106 Å². The van der Waals surface area contributed by atoms with Crippen molar-refractivity contribution in [3.8, 4) is 0 Å². The maximum absolute atomic E-state index is 13.4. The largest absolute Gasteiger partial charge is 0.382 e. The van der Waals surface area contributed by atoms with Crippen LogP contribution >= 0.6 is 0 Å². The van der Waals surface area contributed by atoms with Crippen molar-refractivity contribution in [2.24, 2.45) is 5.92 Å². The van der Waals surface area contributed by atoms with Crippen molar-refractivity contribution >= 4 is 29.0 Å². The predicted octanol–water partition coefficient (Wildman–Crippen LogP) is 6.25. The lowest BCUT2D eigenvalue weighted by Gasteiger charge is -2.43. The maximum Gasteiger partial charge on any atom is 0.253 e. The van der Waals surface area contributed by atoms with Crippen LogP contribution < -0.4 is 25.8 Å². The standard InChI is InChI=1S/C40H53N7O2/c1-28(29-11-15-36(16-12-29)46-23-21-45(2)22-24-46)42-40(49)32-14-18-38(41-27-32)47-20-19-35(25-30-13-17-37(30)47)44-39(48)31-7-6-10-34(26-31)43-33-8-4-3-5-9-33/h6-7,10-12,14-16,18,26-28,30,33,35,37,43H,3-5,8-9,13,17,19-25H2,1-2H3,(H,42,49)(H,44,48)/t28-,30?,35?,37?/m0/s1. The second-order valence-corrected chi connectivity index (χ2v) is 14.8. The zero-order chi connectivity index (χ0) is 33.7. The van der Waals surface area contributed by atoms with Gasteiger partial charge >= 0.3 is 0 Å². The normalized spacial score (nSPS) is 23.8. The van der Waals surface area contributed by atoms with E-state index in [9.17, 15) is 9.59 Å². The summed E-state index contributed by atoms with van der Waals surface area (Å²) in [5, 5.41) is 10.2. The molecule has 260 valence electrons. The SMILES string of the molecule is C[C@H](NC(=O)c1ccc(N2CCC(NC(=O)c3cccc(NC4CCCCC4)c3)CC3CCC32)nc1)c1ccc(N2CCN(C)CC2)cc1. The van der Waals surface area contributed by atoms with Gasteiger partial charge in [0.2, 0.25) is 0 Å². The van der Waals surface area contributed by atoms with Crippen LogP contribution in [0.2, 0.25) is 0 Å². The summed E-state index contributed by atoms with van der Waals surface area (Å²) < 4.78 is 0. The Balaban J connectivity index is 0.924. The number of amides is 2. The van der Waals surface area contributed by atoms with Gasteiger partial charge in [-0.2, -0.15) is 0 Å². The summed E-state index contributed by atoms with van der Waals surface area (Å²) in [5.74, 6) is 1.33. The van der Waals surface area contributed by atoms with Gasteiger partial charge in [0.1, 0.15) is 5.82 Å². The van der Waals surface area contributed by atoms with E-state index >= 15 is 0 Å². The Hall–Kier alpha value is -4.11. The fraction of sp³-hybridized carbons (Fsp3) is 0.525. The second-order valence-electron chi connectivity index (χ2n) is 14.8. The highest BCUT2D eigenvalue weighted by Crippen LogP contribution is 2.40. The summed E-state index contributed by atoms with van der Waals surface area (Å²) in [6.45, 7) is 7.08. The van der Waals surface area contributed by atoms with E-state index in [1.807, 2.05) is 37.3 Å². The number of fused-ring (bicyclic) bond motifs is 1. The third kappa shape index (κ3) is 8.04. The van der Waals surface area contributed by atoms with E-state index in [1.54, 1.807) is 6.20 Å². The minimum Gasteiger partial charge on any atom is -0.382 e. The average molecular weight is 664 g/mol. The van der Waals surface area contributed by atoms with Gasteiger partial charge in [-0.25, -0.2) is 4.98 Å². The number of aromatic nitrogens is 1. The van der Waals surface area contributed by atoms with Crippen LogP contribution in [0.15, 0.2) is 66.9 Å². The van der Waals surface area contributed by atoms with Crippen LogP contribution in [0, 0.1) is 5.92 Å². The molecule has 3 heterocycles. The molecule has 9 nitrogen and oxygen atoms in total. The first-order valence-electron chi connectivity index (χ1n) is 18.6. The topological polar surface area (TPSA) is 92.8 Å². The monoisotopic (exact) mass is 663 g/mol. The number of piperazine rings is 1. The van der Waals surface area contributed by atoms with E-state index in [2.05, 4.69) is 68.0 Å². The van der Waals surface area contributed by atoms with Crippen LogP contribution in [0.1, 0.15) is 97.0 Å². The lowest BCUT2D eigenvalue weighted by atomic mass is 9.76. The molecule has 4 aliphatic rings. The van der Waals surface area contributed by atoms with Crippen LogP contribution in [0.25, 0.3) is 0 Å². The van der Waals surface area contributed by atoms with Crippen molar-refractivity contribution in [3.63, 3.8) is 0 Å². The molecule has 9 heteroatoms. The van der Waals surface area contributed by atoms with Crippen LogP contribution in [-0.4, -0.2) is 79.6 Å². The van der Waals surface area contributed by atoms with Gasteiger partial charge in [0.25, 0.3) is 11.8 Å². The Morgan fingerprint density at radius 2 is 1.59 bits per heavy atom. The molecule has 2 saturated heterocycles. The molecule has 0 radical (unpaired) electrons. The minimum atomic E-state index is -0.118. The molecule has 2 aliphatic carbocycles. The molecule has 4 fully saturated rings. The molecule has 2 amide bonds. The summed E-state index contributed by atoms with van der Waals surface area (Å²) in [6.07, 6.45) is 12.2. The van der Waals surface area contributed by atoms with Crippen LogP contribution in [0.5, 0.6) is 0 Å². The highest BCUT2D eigenvalue weighted by Gasteiger charge is 2.40. The number of nitrogens with zero attached hydrogens (tertiary/aromatic N) is 4. The Morgan fingerprint density at radius 3 is 2.31 bits per heavy atom. The molecule has 2 saturated carbocycles. The number of hydrogen-bond acceptors (Lipinski definition) is 7. The molecular formula is C40H53N7O2. The molecule has 2 aromatic carbocycles. The first-order valence-corrected chi connectivity index (χ1v) is 18.6. The Labute approximate surface area is 291 Å². The van der Waals surface area contributed by atoms with Gasteiger partial charge in [0, 0.05) is 74.0 Å². The minimum absolute atomic E-state index is 0.00955. The van der Waals surface area contributed by atoms with Gasteiger partial charge in [0.05, 0.1) is 11.6 Å². The van der Waals surface area contributed by atoms with Crippen LogP contribution in [0.3, 0.4) is 0 Å². The third-order valence-corrected chi connectivity index (χ3v) is 11.4. The van der Waals surface area contributed by atoms with Crippen LogP contribution in [0.4, 0.5) is 17.2 Å². The third-order valence-electron chi connectivity index (χ3n) is 11.4. The highest BCUT2D eigenvalue weighted by atomic mass is 16.2. The molecule has 2 aliphatic heterocycles. The summed E-state index contributed by atoms with van der Waals surface area (Å²) in [5.41, 5.74) is 4.65. The summed E-state index contributed by atoms with van der Waals surface area (Å²) in [4.78, 5) is 38.6. The summed E-state index contributed by atoms with van der Waals surface area (Å²) >= 11 is 0. The molecule has 1 aromatic heterocycles. The number of rotatable bonds is 9. The molecule has 0 bridgehead atoms. The molecule has 0 spiro atoms. The lowest BCUT2D eigenvalue weighted by Crippen LogP contribution is -2.47. The lowest BCUT2D eigenvalue weighted by molar-refractivity contribution is 0.0921. The number of nitrogens with one attached hydrogen (secondary N) is 3. The molecule has 7 rings (SSSR count). The molecule has 3 unspecified atom stereocenters. The molecular weight excluding hydrogens is 610 g/mol. The number of carbonyl (C=O) groups is 2. The van der Waals surface area contributed by atoms with Gasteiger partial charge in [-0.3, -0.25) is 9.59 Å². The van der Waals surface area contributed by atoms with Gasteiger partial charge in [-0.1, -0.05) is 37.5 Å². The smallest absolute Gasteiger partial charge is 0.253 e. The van der Waals surface area contributed by atoms with E-state index < -0.39 is 0 Å². The first kappa shape index (κ1) is 33.4. The van der Waals surface area contributed by atoms with Crippen molar-refractivity contribution in [2.75, 3.05) is 54.9 Å². The number of anilines is 3. The van der Waals surface area contributed by atoms with Crippen molar-refractivity contribution in [3.05, 3.63) is 83.6 Å². The molecule has 3 aromatic rings. The van der Waals surface area contributed by atoms with Crippen molar-refractivity contribution in [2.45, 2.75) is 88.9 Å². The molecule has 49 heavy (non-hydrogen) atoms. The molecule has 3 N–H and O–H groups in total. The predicted molar refractivity (Wildman–Crippen MR) is 198 cm³/mol. The average Bonchev–Trinajstić information content (AvgIpc) is 3.24. The number of pyridine rings is 1. The van der Waals surface area contributed by atoms with Crippen LogP contribution in [-0.2, 0) is 0 Å². The zero-order valence-corrected chi connectivity index (χ0v) is 29.2. The summed E-state index contributed by atoms with van der Waals surface area (Å²) in [6, 6.07) is 21.4.